The SMILES string of the molecule is Fc1cc(NC2CNC2)cc(Cl)c1Br. The molecule has 1 aliphatic rings. The summed E-state index contributed by atoms with van der Waals surface area (Å²) in [5.74, 6) is -0.340. The van der Waals surface area contributed by atoms with Crippen molar-refractivity contribution in [2.45, 2.75) is 6.04 Å². The van der Waals surface area contributed by atoms with E-state index in [9.17, 15) is 4.39 Å². The van der Waals surface area contributed by atoms with Crippen molar-refractivity contribution >= 4 is 33.2 Å². The fourth-order valence-electron chi connectivity index (χ4n) is 1.27. The number of benzene rings is 1. The largest absolute Gasteiger partial charge is 0.380 e. The van der Waals surface area contributed by atoms with E-state index >= 15 is 0 Å². The minimum absolute atomic E-state index is 0.316. The van der Waals surface area contributed by atoms with Crippen LogP contribution in [0.5, 0.6) is 0 Å². The van der Waals surface area contributed by atoms with Crippen molar-refractivity contribution in [3.05, 3.63) is 27.4 Å². The zero-order valence-electron chi connectivity index (χ0n) is 7.28. The van der Waals surface area contributed by atoms with Crippen molar-refractivity contribution in [3.8, 4) is 0 Å². The van der Waals surface area contributed by atoms with Gasteiger partial charge in [0.2, 0.25) is 0 Å². The van der Waals surface area contributed by atoms with E-state index in [-0.39, 0.29) is 5.82 Å². The van der Waals surface area contributed by atoms with E-state index in [0.717, 1.165) is 18.8 Å². The predicted octanol–water partition coefficient (Wildman–Crippen LogP) is 2.63. The molecule has 0 aliphatic carbocycles. The minimum Gasteiger partial charge on any atom is -0.380 e. The Balaban J connectivity index is 2.17. The monoisotopic (exact) mass is 278 g/mol. The number of hydrogen-bond donors (Lipinski definition) is 2. The number of rotatable bonds is 2. The first-order valence-electron chi connectivity index (χ1n) is 4.28. The molecule has 76 valence electrons. The summed E-state index contributed by atoms with van der Waals surface area (Å²) in [6, 6.07) is 3.54. The third kappa shape index (κ3) is 2.02. The molecule has 1 aromatic rings. The molecule has 1 aromatic carbocycles. The summed E-state index contributed by atoms with van der Waals surface area (Å²) in [6.07, 6.45) is 0. The van der Waals surface area contributed by atoms with Gasteiger partial charge in [0, 0.05) is 18.8 Å². The van der Waals surface area contributed by atoms with Gasteiger partial charge >= 0.3 is 0 Å². The van der Waals surface area contributed by atoms with Gasteiger partial charge in [-0.3, -0.25) is 0 Å². The molecule has 0 bridgehead atoms. The Labute approximate surface area is 95.0 Å². The van der Waals surface area contributed by atoms with Crippen molar-refractivity contribution in [1.82, 2.24) is 5.32 Å². The van der Waals surface area contributed by atoms with Gasteiger partial charge in [0.25, 0.3) is 0 Å². The summed E-state index contributed by atoms with van der Waals surface area (Å²) in [7, 11) is 0. The van der Waals surface area contributed by atoms with E-state index in [2.05, 4.69) is 26.6 Å². The Bertz CT molecular complexity index is 332. The smallest absolute Gasteiger partial charge is 0.140 e. The third-order valence-electron chi connectivity index (χ3n) is 2.14. The zero-order chi connectivity index (χ0) is 10.1. The summed E-state index contributed by atoms with van der Waals surface area (Å²) in [5, 5.41) is 6.69. The van der Waals surface area contributed by atoms with Gasteiger partial charge in [-0.25, -0.2) is 4.39 Å². The minimum atomic E-state index is -0.340. The maximum atomic E-state index is 13.2. The molecule has 0 amide bonds. The average Bonchev–Trinajstić information content (AvgIpc) is 2.07. The van der Waals surface area contributed by atoms with Crippen LogP contribution in [0.25, 0.3) is 0 Å². The summed E-state index contributed by atoms with van der Waals surface area (Å²) in [4.78, 5) is 0. The maximum absolute atomic E-state index is 13.2. The Hall–Kier alpha value is -0.320. The van der Waals surface area contributed by atoms with E-state index in [1.54, 1.807) is 6.07 Å². The molecular formula is C9H9BrClFN2. The Morgan fingerprint density at radius 3 is 2.71 bits per heavy atom. The zero-order valence-corrected chi connectivity index (χ0v) is 9.62. The van der Waals surface area contributed by atoms with Gasteiger partial charge in [-0.05, 0) is 28.1 Å². The van der Waals surface area contributed by atoms with Crippen LogP contribution >= 0.6 is 27.5 Å². The molecule has 1 aliphatic heterocycles. The molecule has 0 radical (unpaired) electrons. The first kappa shape index (κ1) is 10.2. The molecular weight excluding hydrogens is 270 g/mol. The molecule has 2 N–H and O–H groups in total. The van der Waals surface area contributed by atoms with Gasteiger partial charge in [0.1, 0.15) is 5.82 Å². The van der Waals surface area contributed by atoms with Crippen LogP contribution in [-0.4, -0.2) is 19.1 Å². The lowest BCUT2D eigenvalue weighted by Gasteiger charge is -2.29. The summed E-state index contributed by atoms with van der Waals surface area (Å²) in [6.45, 7) is 1.82. The lowest BCUT2D eigenvalue weighted by atomic mass is 10.1. The van der Waals surface area contributed by atoms with Gasteiger partial charge in [-0.1, -0.05) is 11.6 Å². The van der Waals surface area contributed by atoms with E-state index < -0.39 is 0 Å². The molecule has 5 heteroatoms. The Kier molecular flexibility index (Phi) is 2.95. The molecule has 2 nitrogen and oxygen atoms in total. The lowest BCUT2D eigenvalue weighted by Crippen LogP contribution is -2.51. The second kappa shape index (κ2) is 4.04. The standard InChI is InChI=1S/C9H9BrClFN2/c10-9-7(11)1-5(2-8(9)12)14-6-3-13-4-6/h1-2,6,13-14H,3-4H2. The van der Waals surface area contributed by atoms with E-state index in [0.29, 0.717) is 15.5 Å². The normalized spacial score (nSPS) is 16.5. The van der Waals surface area contributed by atoms with E-state index in [4.69, 9.17) is 11.6 Å². The highest BCUT2D eigenvalue weighted by molar-refractivity contribution is 9.10. The van der Waals surface area contributed by atoms with Gasteiger partial charge < -0.3 is 10.6 Å². The highest BCUT2D eigenvalue weighted by Crippen LogP contribution is 2.29. The van der Waals surface area contributed by atoms with Crippen molar-refractivity contribution < 1.29 is 4.39 Å². The molecule has 1 saturated heterocycles. The lowest BCUT2D eigenvalue weighted by molar-refractivity contribution is 0.472. The first-order chi connectivity index (χ1) is 6.66. The number of hydrogen-bond acceptors (Lipinski definition) is 2. The second-order valence-electron chi connectivity index (χ2n) is 3.25. The van der Waals surface area contributed by atoms with Crippen LogP contribution in [0.1, 0.15) is 0 Å². The highest BCUT2D eigenvalue weighted by Gasteiger charge is 2.17. The number of halogens is 3. The van der Waals surface area contributed by atoms with Gasteiger partial charge in [-0.15, -0.1) is 0 Å². The van der Waals surface area contributed by atoms with Crippen LogP contribution in [0.2, 0.25) is 5.02 Å². The fraction of sp³-hybridized carbons (Fsp3) is 0.333. The molecule has 1 heterocycles. The van der Waals surface area contributed by atoms with E-state index in [1.165, 1.54) is 6.07 Å². The van der Waals surface area contributed by atoms with Crippen LogP contribution in [0.3, 0.4) is 0 Å². The second-order valence-corrected chi connectivity index (χ2v) is 4.45. The topological polar surface area (TPSA) is 24.1 Å². The Morgan fingerprint density at radius 2 is 2.21 bits per heavy atom. The van der Waals surface area contributed by atoms with E-state index in [1.807, 2.05) is 0 Å². The van der Waals surface area contributed by atoms with Crippen LogP contribution < -0.4 is 10.6 Å². The number of anilines is 1. The summed E-state index contributed by atoms with van der Waals surface area (Å²) >= 11 is 8.88. The van der Waals surface area contributed by atoms with Crippen molar-refractivity contribution in [3.63, 3.8) is 0 Å². The predicted molar refractivity (Wildman–Crippen MR) is 59.4 cm³/mol. The quantitative estimate of drug-likeness (QED) is 0.813. The van der Waals surface area contributed by atoms with Crippen molar-refractivity contribution in [2.24, 2.45) is 0 Å². The molecule has 2 rings (SSSR count). The molecule has 0 atom stereocenters. The molecule has 14 heavy (non-hydrogen) atoms. The molecule has 0 aromatic heterocycles. The van der Waals surface area contributed by atoms with Crippen LogP contribution in [0, 0.1) is 5.82 Å². The average molecular weight is 280 g/mol. The fourth-order valence-corrected chi connectivity index (χ4v) is 1.70. The molecule has 0 saturated carbocycles. The van der Waals surface area contributed by atoms with Crippen molar-refractivity contribution in [2.75, 3.05) is 18.4 Å². The Morgan fingerprint density at radius 1 is 1.50 bits per heavy atom. The van der Waals surface area contributed by atoms with Gasteiger partial charge in [0.15, 0.2) is 0 Å². The van der Waals surface area contributed by atoms with Crippen LogP contribution in [0.4, 0.5) is 10.1 Å². The highest BCUT2D eigenvalue weighted by atomic mass is 79.9. The van der Waals surface area contributed by atoms with Crippen molar-refractivity contribution in [1.29, 1.82) is 0 Å². The maximum Gasteiger partial charge on any atom is 0.140 e. The third-order valence-corrected chi connectivity index (χ3v) is 3.47. The first-order valence-corrected chi connectivity index (χ1v) is 5.45. The molecule has 0 spiro atoms. The van der Waals surface area contributed by atoms with Crippen LogP contribution in [-0.2, 0) is 0 Å². The molecule has 1 fully saturated rings. The molecule has 0 unspecified atom stereocenters. The number of nitrogens with one attached hydrogen (secondary N) is 2. The van der Waals surface area contributed by atoms with Gasteiger partial charge in [0.05, 0.1) is 15.5 Å². The van der Waals surface area contributed by atoms with Gasteiger partial charge in [-0.2, -0.15) is 0 Å². The summed E-state index contributed by atoms with van der Waals surface area (Å²) < 4.78 is 13.5. The van der Waals surface area contributed by atoms with Crippen LogP contribution in [0.15, 0.2) is 16.6 Å². The summed E-state index contributed by atoms with van der Waals surface area (Å²) in [5.41, 5.74) is 0.724.